The summed E-state index contributed by atoms with van der Waals surface area (Å²) in [5.74, 6) is 4.03. The summed E-state index contributed by atoms with van der Waals surface area (Å²) in [7, 11) is 5.80. The number of hydrogen-bond acceptors (Lipinski definition) is 16. The number of esters is 3. The number of ketones is 3. The molecule has 1 saturated heterocycles. The van der Waals surface area contributed by atoms with Crippen molar-refractivity contribution in [1.29, 1.82) is 5.26 Å². The fourth-order valence-electron chi connectivity index (χ4n) is 9.70. The average Bonchev–Trinajstić information content (AvgIpc) is 1.63. The van der Waals surface area contributed by atoms with Crippen molar-refractivity contribution in [3.8, 4) is 43.1 Å². The lowest BCUT2D eigenvalue weighted by Crippen LogP contribution is -2.41. The van der Waals surface area contributed by atoms with Crippen molar-refractivity contribution in [2.45, 2.75) is 308 Å². The van der Waals surface area contributed by atoms with E-state index in [0.29, 0.717) is 80.8 Å². The molecule has 21 nitrogen and oxygen atoms in total. The number of nitriles is 1. The molecule has 1 heterocycles. The van der Waals surface area contributed by atoms with Crippen molar-refractivity contribution < 1.29 is 75.7 Å². The molecule has 23 heteroatoms. The van der Waals surface area contributed by atoms with E-state index in [-0.39, 0.29) is 120 Å². The third-order valence-electron chi connectivity index (χ3n) is 16.3. The van der Waals surface area contributed by atoms with Crippen LogP contribution in [-0.2, 0) is 67.0 Å². The van der Waals surface area contributed by atoms with Gasteiger partial charge in [-0.3, -0.25) is 43.2 Å². The molecule has 1 atom stereocenters. The van der Waals surface area contributed by atoms with Gasteiger partial charge >= 0.3 is 17.9 Å². The van der Waals surface area contributed by atoms with Crippen LogP contribution in [0.3, 0.4) is 0 Å². The van der Waals surface area contributed by atoms with Gasteiger partial charge in [0, 0.05) is 89.9 Å². The molecule has 5 rings (SSSR count). The second-order valence-corrected chi connectivity index (χ2v) is 41.3. The second-order valence-electron chi connectivity index (χ2n) is 41.3. The van der Waals surface area contributed by atoms with Gasteiger partial charge in [-0.1, -0.05) is 165 Å². The number of likely N-dealkylation sites (N-methyl/N-ethyl adjacent to an activating group) is 2. The number of hydrogen-bond donors (Lipinski definition) is 3. The Bertz CT molecular complexity index is 3540. The fraction of sp³-hybridized carbons (Fsp3) is 0.702. The number of rotatable bonds is 14. The molecule has 4 aliphatic carbocycles. The van der Waals surface area contributed by atoms with E-state index in [1.54, 1.807) is 31.7 Å². The van der Waals surface area contributed by atoms with Gasteiger partial charge in [-0.15, -0.1) is 19.3 Å². The maximum atomic E-state index is 13.3. The minimum absolute atomic E-state index is 0.00743. The zero-order valence-electron chi connectivity index (χ0n) is 78.7. The van der Waals surface area contributed by atoms with E-state index < -0.39 is 16.8 Å². The molecule has 0 aromatic heterocycles. The number of likely N-dealkylation sites (tertiary alicyclic amines) is 1. The van der Waals surface area contributed by atoms with Crippen LogP contribution in [0, 0.1) is 103 Å². The molecule has 1 aliphatic heterocycles. The predicted octanol–water partition coefficient (Wildman–Crippen LogP) is 17.3. The first kappa shape index (κ1) is 117. The minimum atomic E-state index is -0.773. The van der Waals surface area contributed by atoms with Gasteiger partial charge in [0.25, 0.3) is 5.91 Å². The van der Waals surface area contributed by atoms with Crippen LogP contribution in [0.25, 0.3) is 0 Å². The lowest BCUT2D eigenvalue weighted by Gasteiger charge is -2.26. The number of Topliss-reactive ketones (excluding diaryl/α,β-unsaturated/α-hetero) is 3. The Morgan fingerprint density at radius 2 is 0.974 bits per heavy atom. The maximum absolute atomic E-state index is 13.3. The first-order valence-electron chi connectivity index (χ1n) is 40.3. The zero-order valence-corrected chi connectivity index (χ0v) is 78.7. The molecule has 1 unspecified atom stereocenters. The summed E-state index contributed by atoms with van der Waals surface area (Å²) in [6.45, 7) is 71.8. The van der Waals surface area contributed by atoms with Crippen molar-refractivity contribution in [3.05, 3.63) is 60.3 Å². The van der Waals surface area contributed by atoms with Crippen LogP contribution in [0.5, 0.6) is 0 Å². The SMILES string of the molecule is C#CC(=O)C(C)(C)C.C#CC(=O)NC(C)(C)C.C#CC(=O)OCC(C)(C)C.C=CC(=O)N1CCC(C(C)(C)C)C1.C=CC(=O)OCC(C)(C)C.CC(=O)C1(C(=O)OCC(C)(C)C)CC1.CC(C)(C)C(=O)C1(C#N)CC1.CC(C)(C)NC(=O)C1=C(F)CCC1.CC(C)(C)NC(=O)C1=C(F)CCCC1.CN(C)C/C=C/C(=O)N(C)CC(C)(C)C. The Kier molecular flexibility index (Phi) is 51.7. The third kappa shape index (κ3) is 60.6. The van der Waals surface area contributed by atoms with Gasteiger partial charge in [0.15, 0.2) is 5.78 Å². The van der Waals surface area contributed by atoms with Gasteiger partial charge in [0.05, 0.1) is 25.9 Å². The van der Waals surface area contributed by atoms with Gasteiger partial charge in [0.2, 0.25) is 29.4 Å². The van der Waals surface area contributed by atoms with Crippen LogP contribution in [-0.4, -0.2) is 163 Å². The number of nitrogens with zero attached hydrogens (tertiary/aromatic N) is 4. The average molecular weight is 1650 g/mol. The fourth-order valence-corrected chi connectivity index (χ4v) is 9.70. The highest BCUT2D eigenvalue weighted by molar-refractivity contribution is 6.05. The number of ether oxygens (including phenoxy) is 3. The number of terminal acetylenes is 3. The number of halogens is 2. The Hall–Kier alpha value is -8.54. The summed E-state index contributed by atoms with van der Waals surface area (Å²) >= 11 is 0. The Balaban J connectivity index is -0.000000399. The molecule has 3 N–H and O–H groups in total. The number of allylic oxidation sites excluding steroid dienone is 2. The van der Waals surface area contributed by atoms with Gasteiger partial charge in [-0.05, 0) is 211 Å². The number of carbonyl (C=O) groups is 11. The maximum Gasteiger partial charge on any atom is 0.384 e. The summed E-state index contributed by atoms with van der Waals surface area (Å²) in [6.07, 6.45) is 29.1. The van der Waals surface area contributed by atoms with E-state index in [9.17, 15) is 61.5 Å². The Morgan fingerprint density at radius 1 is 0.556 bits per heavy atom. The highest BCUT2D eigenvalue weighted by Gasteiger charge is 2.56. The van der Waals surface area contributed by atoms with Crippen molar-refractivity contribution in [3.63, 3.8) is 0 Å². The van der Waals surface area contributed by atoms with Gasteiger partial charge in [-0.2, -0.15) is 5.26 Å². The minimum Gasteiger partial charge on any atom is -0.464 e. The smallest absolute Gasteiger partial charge is 0.384 e. The summed E-state index contributed by atoms with van der Waals surface area (Å²) in [5.41, 5.74) is -1.73. The number of nitrogens with one attached hydrogen (secondary N) is 3. The molecule has 0 aromatic carbocycles. The molecular weight excluding hydrogens is 1490 g/mol. The zero-order chi connectivity index (χ0) is 93.3. The first-order valence-corrected chi connectivity index (χ1v) is 40.3. The molecule has 5 amide bonds. The normalized spacial score (nSPS) is 15.8. The predicted molar refractivity (Wildman–Crippen MR) is 468 cm³/mol. The van der Waals surface area contributed by atoms with Crippen LogP contribution in [0.1, 0.15) is 292 Å². The third-order valence-corrected chi connectivity index (χ3v) is 16.3. The van der Waals surface area contributed by atoms with E-state index in [0.717, 1.165) is 64.7 Å². The first-order chi connectivity index (χ1) is 52.5. The molecule has 0 aromatic rings. The van der Waals surface area contributed by atoms with E-state index in [2.05, 4.69) is 87.4 Å². The van der Waals surface area contributed by atoms with Crippen molar-refractivity contribution in [2.75, 3.05) is 67.1 Å². The summed E-state index contributed by atoms with van der Waals surface area (Å²) in [4.78, 5) is 128. The van der Waals surface area contributed by atoms with E-state index >= 15 is 0 Å². The summed E-state index contributed by atoms with van der Waals surface area (Å²) in [5, 5.41) is 16.9. The van der Waals surface area contributed by atoms with Crippen molar-refractivity contribution >= 4 is 64.8 Å². The van der Waals surface area contributed by atoms with Crippen molar-refractivity contribution in [2.24, 2.45) is 54.7 Å². The standard InChI is InChI=1S/C12H24N2O.C11H18FNO.C11H19NO.C11H18O3.C10H16FNO.C9H13NO.C8H14O2.C8H12O2.C7H11NO.C7H10O/c1-12(2,3)10-14(6)11(15)8-7-9-13(4)5;1-11(2,3)13-10(14)8-6-4-5-7-9(8)12;1-5-10(13)12-7-6-9(8-12)11(2,3)4;1-8(12)11(5-6-11)9(13)14-7-10(2,3)4;1-10(2,3)12-9(13)7-5-4-6-8(7)11;1-8(2,3)7(11)9(6-10)4-5-9;2*1-5-7(9)10-6-8(2,3)4;1-5-6(9)8-7(2,3)4;1-5-6(8)7(2,3)4/h7-8H,9-10H2,1-6H3;4-7H2,1-3H3,(H,13,14);5,9H,1,6-8H2,2-4H3;5-7H2,1-4H3;4-6H2,1-3H3,(H,12,13);4-5H2,1-3H3;5H,1,6H2,2-4H3;1H,6H2,2-4H3;1H,2-4H3,(H,8,9);1H,2-4H3/b8-7+;;;;;;;;;. The molecule has 2 saturated carbocycles. The van der Waals surface area contributed by atoms with Crippen LogP contribution in [0.15, 0.2) is 60.3 Å². The van der Waals surface area contributed by atoms with Crippen LogP contribution in [0.2, 0.25) is 0 Å². The Morgan fingerprint density at radius 3 is 1.25 bits per heavy atom. The highest BCUT2D eigenvalue weighted by Crippen LogP contribution is 2.50. The molecular formula is C94H155F2N7O14. The monoisotopic (exact) mass is 1640 g/mol. The topological polar surface area (TPSA) is 285 Å². The molecule has 117 heavy (non-hydrogen) atoms. The molecule has 0 spiro atoms. The van der Waals surface area contributed by atoms with Gasteiger partial charge < -0.3 is 44.9 Å². The summed E-state index contributed by atoms with van der Waals surface area (Å²) < 4.78 is 40.9. The quantitative estimate of drug-likeness (QED) is 0.0277. The number of amides is 5. The van der Waals surface area contributed by atoms with E-state index in [1.165, 1.54) is 19.1 Å². The number of carbonyl (C=O) groups excluding carboxylic acids is 11. The molecule has 0 bridgehead atoms. The van der Waals surface area contributed by atoms with Gasteiger partial charge in [-0.25, -0.2) is 18.4 Å². The molecule has 5 aliphatic rings. The second kappa shape index (κ2) is 51.7. The van der Waals surface area contributed by atoms with Gasteiger partial charge in [0.1, 0.15) is 28.3 Å². The summed E-state index contributed by atoms with van der Waals surface area (Å²) in [6, 6.07) is 2.11. The lowest BCUT2D eigenvalue weighted by atomic mass is 9.80. The largest absolute Gasteiger partial charge is 0.464 e. The van der Waals surface area contributed by atoms with Crippen molar-refractivity contribution in [1.82, 2.24) is 30.7 Å². The molecule has 664 valence electrons. The van der Waals surface area contributed by atoms with E-state index in [1.807, 2.05) is 194 Å². The molecule has 3 fully saturated rings. The van der Waals surface area contributed by atoms with Crippen LogP contribution < -0.4 is 16.0 Å². The van der Waals surface area contributed by atoms with E-state index in [4.69, 9.17) is 34.0 Å². The Labute approximate surface area is 706 Å². The van der Waals surface area contributed by atoms with Crippen LogP contribution >= 0.6 is 0 Å². The van der Waals surface area contributed by atoms with Crippen LogP contribution in [0.4, 0.5) is 8.78 Å². The lowest BCUT2D eigenvalue weighted by molar-refractivity contribution is -0.156. The molecule has 0 radical (unpaired) electrons. The highest BCUT2D eigenvalue weighted by atomic mass is 19.1.